The number of ether oxygens (including phenoxy) is 3. The Labute approximate surface area is 207 Å². The number of methoxy groups -OCH3 is 1. The summed E-state index contributed by atoms with van der Waals surface area (Å²) in [6, 6.07) is 11.6. The highest BCUT2D eigenvalue weighted by atomic mass is 32.2. The quantitative estimate of drug-likeness (QED) is 0.439. The van der Waals surface area contributed by atoms with Gasteiger partial charge in [0.05, 0.1) is 29.8 Å². The van der Waals surface area contributed by atoms with Gasteiger partial charge in [0, 0.05) is 30.2 Å². The number of carbonyl (C=O) groups is 2. The fourth-order valence-electron chi connectivity index (χ4n) is 4.20. The van der Waals surface area contributed by atoms with E-state index in [0.717, 1.165) is 16.5 Å². The van der Waals surface area contributed by atoms with Crippen LogP contribution in [0.3, 0.4) is 0 Å². The third-order valence-electron chi connectivity index (χ3n) is 6.01. The first-order valence-electron chi connectivity index (χ1n) is 11.3. The van der Waals surface area contributed by atoms with Gasteiger partial charge in [-0.3, -0.25) is 9.78 Å². The van der Waals surface area contributed by atoms with Crippen LogP contribution in [0.1, 0.15) is 18.1 Å². The lowest BCUT2D eigenvalue weighted by molar-refractivity contribution is -0.118. The fourth-order valence-corrected chi connectivity index (χ4v) is 5.30. The molecule has 1 fully saturated rings. The number of rotatable bonds is 8. The first-order chi connectivity index (χ1) is 17.3. The summed E-state index contributed by atoms with van der Waals surface area (Å²) < 4.78 is 44.1. The van der Waals surface area contributed by atoms with Crippen LogP contribution in [0, 0.1) is 0 Å². The van der Waals surface area contributed by atoms with Crippen molar-refractivity contribution in [2.24, 2.45) is 0 Å². The Bertz CT molecular complexity index is 1440. The Morgan fingerprint density at radius 2 is 2.06 bits per heavy atom. The maximum Gasteiger partial charge on any atom is 0.410 e. The predicted molar refractivity (Wildman–Crippen MR) is 129 cm³/mol. The second-order valence-corrected chi connectivity index (χ2v) is 10.1. The smallest absolute Gasteiger partial charge is 0.410 e. The number of nitrogens with one attached hydrogen (secondary N) is 2. The highest BCUT2D eigenvalue weighted by Crippen LogP contribution is 2.33. The summed E-state index contributed by atoms with van der Waals surface area (Å²) >= 11 is 0. The van der Waals surface area contributed by atoms with E-state index in [4.69, 9.17) is 14.2 Å². The molecule has 3 aromatic rings. The molecular weight excluding hydrogens is 488 g/mol. The van der Waals surface area contributed by atoms with E-state index in [1.54, 1.807) is 18.2 Å². The van der Waals surface area contributed by atoms with Crippen LogP contribution < -0.4 is 19.5 Å². The summed E-state index contributed by atoms with van der Waals surface area (Å²) in [5.74, 6) is 0.745. The van der Waals surface area contributed by atoms with Crippen molar-refractivity contribution < 1.29 is 32.2 Å². The Kier molecular flexibility index (Phi) is 6.37. The lowest BCUT2D eigenvalue weighted by atomic mass is 10.0. The molecule has 1 saturated heterocycles. The van der Waals surface area contributed by atoms with E-state index in [9.17, 15) is 18.0 Å². The maximum absolute atomic E-state index is 12.7. The van der Waals surface area contributed by atoms with Gasteiger partial charge in [-0.15, -0.1) is 0 Å². The minimum absolute atomic E-state index is 0.00712. The van der Waals surface area contributed by atoms with Crippen molar-refractivity contribution in [2.45, 2.75) is 17.4 Å². The van der Waals surface area contributed by atoms with Gasteiger partial charge in [0.2, 0.25) is 10.0 Å². The van der Waals surface area contributed by atoms with Gasteiger partial charge in [0.15, 0.2) is 6.61 Å². The Morgan fingerprint density at radius 1 is 1.19 bits per heavy atom. The van der Waals surface area contributed by atoms with Crippen molar-refractivity contribution in [3.63, 3.8) is 0 Å². The number of anilines is 1. The Hall–Kier alpha value is -3.90. The molecule has 0 aliphatic carbocycles. The van der Waals surface area contributed by atoms with Crippen LogP contribution in [0.15, 0.2) is 53.6 Å². The summed E-state index contributed by atoms with van der Waals surface area (Å²) in [5.41, 5.74) is 1.91. The van der Waals surface area contributed by atoms with E-state index < -0.39 is 22.2 Å². The van der Waals surface area contributed by atoms with Gasteiger partial charge in [-0.2, -0.15) is 0 Å². The van der Waals surface area contributed by atoms with Crippen molar-refractivity contribution in [2.75, 3.05) is 38.7 Å². The zero-order chi connectivity index (χ0) is 25.3. The van der Waals surface area contributed by atoms with Gasteiger partial charge in [0.25, 0.3) is 5.91 Å². The Balaban J connectivity index is 1.19. The standard InChI is InChI=1S/C24H24N4O7S/c1-33-15-3-5-19-18(11-15)17(7-9-25-19)22-13-28(24(30)35-22)10-2-8-26-36(31,32)16-4-6-21-20(12-16)27-23(29)14-34-21/h3-7,9,11-12,22,26H,2,8,10,13-14H2,1H3,(H,27,29)/t22-/m0/s1. The molecule has 3 heterocycles. The highest BCUT2D eigenvalue weighted by molar-refractivity contribution is 7.89. The third-order valence-corrected chi connectivity index (χ3v) is 7.47. The van der Waals surface area contributed by atoms with E-state index >= 15 is 0 Å². The molecule has 2 aliphatic rings. The Morgan fingerprint density at radius 3 is 2.89 bits per heavy atom. The van der Waals surface area contributed by atoms with Gasteiger partial charge in [-0.25, -0.2) is 17.9 Å². The number of cyclic esters (lactones) is 1. The zero-order valence-electron chi connectivity index (χ0n) is 19.4. The summed E-state index contributed by atoms with van der Waals surface area (Å²) in [5, 5.41) is 3.43. The van der Waals surface area contributed by atoms with Crippen molar-refractivity contribution >= 4 is 38.6 Å². The number of carbonyl (C=O) groups excluding carboxylic acids is 2. The van der Waals surface area contributed by atoms with Gasteiger partial charge < -0.3 is 24.4 Å². The van der Waals surface area contributed by atoms with E-state index in [0.29, 0.717) is 36.7 Å². The average Bonchev–Trinajstić information content (AvgIpc) is 3.25. The number of benzene rings is 2. The van der Waals surface area contributed by atoms with Crippen LogP contribution in [0.25, 0.3) is 10.9 Å². The van der Waals surface area contributed by atoms with E-state index in [1.807, 2.05) is 24.3 Å². The molecule has 0 saturated carbocycles. The number of amides is 2. The summed E-state index contributed by atoms with van der Waals surface area (Å²) in [7, 11) is -2.23. The second-order valence-electron chi connectivity index (χ2n) is 8.35. The highest BCUT2D eigenvalue weighted by Gasteiger charge is 2.33. The molecule has 0 radical (unpaired) electrons. The summed E-state index contributed by atoms with van der Waals surface area (Å²) in [6.07, 6.45) is 1.13. The van der Waals surface area contributed by atoms with Crippen molar-refractivity contribution in [1.82, 2.24) is 14.6 Å². The molecule has 2 N–H and O–H groups in total. The van der Waals surface area contributed by atoms with Crippen molar-refractivity contribution in [3.8, 4) is 11.5 Å². The SMILES string of the molecule is COc1ccc2nccc([C@@H]3CN(CCCNS(=O)(=O)c4ccc5c(c4)NC(=O)CO5)C(=O)O3)c2c1. The van der Waals surface area contributed by atoms with E-state index in [1.165, 1.54) is 18.2 Å². The molecule has 2 amide bonds. The normalized spacial score (nSPS) is 17.4. The molecule has 5 rings (SSSR count). The van der Waals surface area contributed by atoms with Crippen LogP contribution in [0.5, 0.6) is 11.5 Å². The molecule has 0 unspecified atom stereocenters. The average molecular weight is 513 g/mol. The molecule has 2 aliphatic heterocycles. The topological polar surface area (TPSA) is 136 Å². The first kappa shape index (κ1) is 23.8. The molecule has 11 nitrogen and oxygen atoms in total. The zero-order valence-corrected chi connectivity index (χ0v) is 20.2. The first-order valence-corrected chi connectivity index (χ1v) is 12.8. The van der Waals surface area contributed by atoms with Crippen LogP contribution in [-0.2, 0) is 19.6 Å². The lowest BCUT2D eigenvalue weighted by Gasteiger charge is -2.18. The number of hydrogen-bond acceptors (Lipinski definition) is 8. The molecule has 0 spiro atoms. The fraction of sp³-hybridized carbons (Fsp3) is 0.292. The summed E-state index contributed by atoms with van der Waals surface area (Å²) in [4.78, 5) is 29.9. The number of hydrogen-bond donors (Lipinski definition) is 2. The van der Waals surface area contributed by atoms with Crippen molar-refractivity contribution in [1.29, 1.82) is 0 Å². The van der Waals surface area contributed by atoms with Crippen molar-refractivity contribution in [3.05, 3.63) is 54.2 Å². The molecule has 1 aromatic heterocycles. The van der Waals surface area contributed by atoms with Gasteiger partial charge in [0.1, 0.15) is 17.6 Å². The minimum atomic E-state index is -3.82. The third kappa shape index (κ3) is 4.77. The number of sulfonamides is 1. The van der Waals surface area contributed by atoms with E-state index in [-0.39, 0.29) is 24.0 Å². The largest absolute Gasteiger partial charge is 0.497 e. The number of nitrogens with zero attached hydrogens (tertiary/aromatic N) is 2. The monoisotopic (exact) mass is 512 g/mol. The van der Waals surface area contributed by atoms with Gasteiger partial charge in [-0.1, -0.05) is 0 Å². The maximum atomic E-state index is 12.7. The summed E-state index contributed by atoms with van der Waals surface area (Å²) in [6.45, 7) is 0.666. The number of pyridine rings is 1. The lowest BCUT2D eigenvalue weighted by Crippen LogP contribution is -2.31. The molecule has 1 atom stereocenters. The van der Waals surface area contributed by atoms with Crippen LogP contribution in [0.2, 0.25) is 0 Å². The molecule has 12 heteroatoms. The van der Waals surface area contributed by atoms with Crippen LogP contribution in [-0.4, -0.2) is 63.7 Å². The molecule has 188 valence electrons. The molecular formula is C24H24N4O7S. The molecule has 2 aromatic carbocycles. The number of fused-ring (bicyclic) bond motifs is 2. The van der Waals surface area contributed by atoms with E-state index in [2.05, 4.69) is 15.0 Å². The minimum Gasteiger partial charge on any atom is -0.497 e. The molecule has 0 bridgehead atoms. The van der Waals surface area contributed by atoms with Crippen LogP contribution >= 0.6 is 0 Å². The predicted octanol–water partition coefficient (Wildman–Crippen LogP) is 2.44. The van der Waals surface area contributed by atoms with Crippen LogP contribution in [0.4, 0.5) is 10.5 Å². The van der Waals surface area contributed by atoms with Gasteiger partial charge >= 0.3 is 6.09 Å². The van der Waals surface area contributed by atoms with Gasteiger partial charge in [-0.05, 0) is 48.9 Å². The number of aromatic nitrogens is 1. The molecule has 36 heavy (non-hydrogen) atoms. The second kappa shape index (κ2) is 9.63.